The van der Waals surface area contributed by atoms with Crippen LogP contribution in [0.2, 0.25) is 5.02 Å². The SMILES string of the molecule is O=S([O-])c1ccc(-c2cc(C(F)(F)F)nn2-c2cccc(Cl)c2)cc1.[Na+]. The van der Waals surface area contributed by atoms with Gasteiger partial charge in [-0.05, 0) is 47.5 Å². The molecule has 1 atom stereocenters. The number of halogens is 4. The average Bonchev–Trinajstić information content (AvgIpc) is 3.00. The van der Waals surface area contributed by atoms with Gasteiger partial charge in [0.15, 0.2) is 5.69 Å². The van der Waals surface area contributed by atoms with Gasteiger partial charge in [0.25, 0.3) is 0 Å². The van der Waals surface area contributed by atoms with Gasteiger partial charge in [0.1, 0.15) is 0 Å². The van der Waals surface area contributed by atoms with Gasteiger partial charge in [-0.3, -0.25) is 4.21 Å². The Labute approximate surface area is 176 Å². The van der Waals surface area contributed by atoms with E-state index in [0.29, 0.717) is 16.3 Å². The van der Waals surface area contributed by atoms with Crippen molar-refractivity contribution in [1.82, 2.24) is 9.78 Å². The summed E-state index contributed by atoms with van der Waals surface area (Å²) in [6.45, 7) is 0. The van der Waals surface area contributed by atoms with Crippen molar-refractivity contribution in [3.8, 4) is 16.9 Å². The Morgan fingerprint density at radius 3 is 2.27 bits per heavy atom. The minimum atomic E-state index is -4.62. The molecule has 4 nitrogen and oxygen atoms in total. The maximum absolute atomic E-state index is 13.1. The van der Waals surface area contributed by atoms with Crippen LogP contribution in [0.1, 0.15) is 5.69 Å². The molecule has 2 aromatic carbocycles. The molecule has 0 bridgehead atoms. The number of benzene rings is 2. The zero-order valence-corrected chi connectivity index (χ0v) is 16.9. The molecule has 3 rings (SSSR count). The first kappa shape index (κ1) is 21.1. The predicted molar refractivity (Wildman–Crippen MR) is 86.2 cm³/mol. The van der Waals surface area contributed by atoms with Gasteiger partial charge in [-0.1, -0.05) is 29.8 Å². The molecule has 0 fully saturated rings. The van der Waals surface area contributed by atoms with Crippen LogP contribution >= 0.6 is 11.6 Å². The van der Waals surface area contributed by atoms with Crippen molar-refractivity contribution in [2.45, 2.75) is 11.1 Å². The number of alkyl halides is 3. The Hall–Kier alpha value is -1.16. The van der Waals surface area contributed by atoms with Gasteiger partial charge in [-0.25, -0.2) is 4.68 Å². The van der Waals surface area contributed by atoms with Crippen LogP contribution in [0.5, 0.6) is 0 Å². The van der Waals surface area contributed by atoms with Gasteiger partial charge >= 0.3 is 35.7 Å². The van der Waals surface area contributed by atoms with E-state index in [-0.39, 0.29) is 40.1 Å². The average molecular weight is 409 g/mol. The first-order chi connectivity index (χ1) is 11.8. The van der Waals surface area contributed by atoms with E-state index in [0.717, 1.165) is 10.7 Å². The first-order valence-corrected chi connectivity index (χ1v) is 8.34. The van der Waals surface area contributed by atoms with Crippen molar-refractivity contribution < 1.29 is 51.5 Å². The second kappa shape index (κ2) is 8.24. The third-order valence-electron chi connectivity index (χ3n) is 3.40. The Balaban J connectivity index is 0.00000243. The van der Waals surface area contributed by atoms with Crippen molar-refractivity contribution in [2.75, 3.05) is 0 Å². The molecule has 26 heavy (non-hydrogen) atoms. The fourth-order valence-electron chi connectivity index (χ4n) is 2.27. The van der Waals surface area contributed by atoms with E-state index in [9.17, 15) is 21.9 Å². The van der Waals surface area contributed by atoms with Crippen LogP contribution in [0, 0.1) is 0 Å². The zero-order chi connectivity index (χ0) is 18.2. The van der Waals surface area contributed by atoms with Gasteiger partial charge < -0.3 is 4.55 Å². The van der Waals surface area contributed by atoms with E-state index < -0.39 is 23.0 Å². The minimum Gasteiger partial charge on any atom is -0.768 e. The molecule has 1 unspecified atom stereocenters. The largest absolute Gasteiger partial charge is 1.00 e. The summed E-state index contributed by atoms with van der Waals surface area (Å²) in [5.74, 6) is 0. The molecule has 0 aliphatic carbocycles. The summed E-state index contributed by atoms with van der Waals surface area (Å²) >= 11 is 3.50. The fraction of sp³-hybridized carbons (Fsp3) is 0.0625. The second-order valence-electron chi connectivity index (χ2n) is 5.06. The zero-order valence-electron chi connectivity index (χ0n) is 13.3. The number of nitrogens with zero attached hydrogens (tertiary/aromatic N) is 2. The normalized spacial score (nSPS) is 12.5. The Kier molecular flexibility index (Phi) is 6.70. The third kappa shape index (κ3) is 4.57. The number of hydrogen-bond acceptors (Lipinski definition) is 3. The van der Waals surface area contributed by atoms with E-state index in [1.54, 1.807) is 18.2 Å². The molecule has 0 saturated heterocycles. The Morgan fingerprint density at radius 1 is 1.08 bits per heavy atom. The second-order valence-corrected chi connectivity index (χ2v) is 6.44. The summed E-state index contributed by atoms with van der Waals surface area (Å²) in [5.41, 5.74) is -0.150. The fourth-order valence-corrected chi connectivity index (χ4v) is 2.81. The molecular weight excluding hydrogens is 400 g/mol. The molecule has 0 spiro atoms. The predicted octanol–water partition coefficient (Wildman–Crippen LogP) is 1.45. The van der Waals surface area contributed by atoms with Crippen molar-refractivity contribution in [2.24, 2.45) is 0 Å². The van der Waals surface area contributed by atoms with Crippen LogP contribution in [0.4, 0.5) is 13.2 Å². The summed E-state index contributed by atoms with van der Waals surface area (Å²) in [5, 5.41) is 3.99. The first-order valence-electron chi connectivity index (χ1n) is 6.88. The molecule has 0 aliphatic heterocycles. The van der Waals surface area contributed by atoms with Gasteiger partial charge in [0.05, 0.1) is 11.4 Å². The van der Waals surface area contributed by atoms with Crippen LogP contribution in [0.15, 0.2) is 59.5 Å². The maximum Gasteiger partial charge on any atom is 1.00 e. The van der Waals surface area contributed by atoms with Gasteiger partial charge in [0, 0.05) is 15.5 Å². The molecule has 1 heterocycles. The van der Waals surface area contributed by atoms with Crippen LogP contribution in [0.3, 0.4) is 0 Å². The van der Waals surface area contributed by atoms with Crippen molar-refractivity contribution in [3.63, 3.8) is 0 Å². The molecule has 0 amide bonds. The summed E-state index contributed by atoms with van der Waals surface area (Å²) in [4.78, 5) is 0.0358. The van der Waals surface area contributed by atoms with E-state index in [2.05, 4.69) is 5.10 Å². The van der Waals surface area contributed by atoms with Crippen molar-refractivity contribution in [1.29, 1.82) is 0 Å². The van der Waals surface area contributed by atoms with E-state index in [1.807, 2.05) is 0 Å². The summed E-state index contributed by atoms with van der Waals surface area (Å²) in [7, 11) is 0. The quantitative estimate of drug-likeness (QED) is 0.487. The van der Waals surface area contributed by atoms with Crippen LogP contribution in [-0.4, -0.2) is 18.5 Å². The molecular formula is C16H9ClF3N2NaO2S. The third-order valence-corrected chi connectivity index (χ3v) is 4.29. The van der Waals surface area contributed by atoms with Gasteiger partial charge in [-0.2, -0.15) is 18.3 Å². The van der Waals surface area contributed by atoms with Crippen molar-refractivity contribution >= 4 is 22.7 Å². The smallest absolute Gasteiger partial charge is 0.768 e. The molecule has 0 N–H and O–H groups in total. The molecule has 0 radical (unpaired) electrons. The minimum absolute atomic E-state index is 0. The molecule has 0 aliphatic rings. The summed E-state index contributed by atoms with van der Waals surface area (Å²) in [6.07, 6.45) is -4.62. The monoisotopic (exact) mass is 408 g/mol. The van der Waals surface area contributed by atoms with Gasteiger partial charge in [0.2, 0.25) is 0 Å². The maximum atomic E-state index is 13.1. The number of rotatable bonds is 3. The molecule has 10 heteroatoms. The molecule has 0 saturated carbocycles. The van der Waals surface area contributed by atoms with E-state index in [4.69, 9.17) is 11.6 Å². The molecule has 1 aromatic heterocycles. The summed E-state index contributed by atoms with van der Waals surface area (Å²) in [6, 6.07) is 12.6. The van der Waals surface area contributed by atoms with E-state index >= 15 is 0 Å². The van der Waals surface area contributed by atoms with E-state index in [1.165, 1.54) is 30.3 Å². The molecule has 3 aromatic rings. The number of aromatic nitrogens is 2. The standard InChI is InChI=1S/C16H10ClF3N2O2S.Na/c17-11-2-1-3-12(8-11)22-14(9-15(21-22)16(18,19)20)10-4-6-13(7-5-10)25(23)24;/h1-9H,(H,23,24);/q;+1/p-1. The Bertz CT molecular complexity index is 945. The number of hydrogen-bond donors (Lipinski definition) is 0. The Morgan fingerprint density at radius 2 is 1.73 bits per heavy atom. The van der Waals surface area contributed by atoms with Crippen LogP contribution < -0.4 is 29.6 Å². The molecule has 130 valence electrons. The summed E-state index contributed by atoms with van der Waals surface area (Å²) < 4.78 is 62.2. The van der Waals surface area contributed by atoms with Gasteiger partial charge in [-0.15, -0.1) is 0 Å². The topological polar surface area (TPSA) is 57.9 Å². The van der Waals surface area contributed by atoms with Crippen LogP contribution in [0.25, 0.3) is 16.9 Å². The van der Waals surface area contributed by atoms with Crippen molar-refractivity contribution in [3.05, 3.63) is 65.3 Å². The van der Waals surface area contributed by atoms with Crippen LogP contribution in [-0.2, 0) is 17.3 Å².